The van der Waals surface area contributed by atoms with E-state index in [2.05, 4.69) is 10.6 Å². The average Bonchev–Trinajstić information content (AvgIpc) is 2.39. The second-order valence-electron chi connectivity index (χ2n) is 4.49. The summed E-state index contributed by atoms with van der Waals surface area (Å²) in [5.74, 6) is -1.93. The van der Waals surface area contributed by atoms with Gasteiger partial charge in [-0.1, -0.05) is 32.8 Å². The van der Waals surface area contributed by atoms with E-state index in [4.69, 9.17) is 5.11 Å². The monoisotopic (exact) mass is 282 g/mol. The van der Waals surface area contributed by atoms with Crippen molar-refractivity contribution in [2.75, 3.05) is 11.9 Å². The fraction of sp³-hybridized carbons (Fsp3) is 0.429. The molecule has 0 aliphatic heterocycles. The van der Waals surface area contributed by atoms with Crippen LogP contribution >= 0.6 is 0 Å². The van der Waals surface area contributed by atoms with E-state index in [9.17, 15) is 14.0 Å². The van der Waals surface area contributed by atoms with Crippen LogP contribution in [0.4, 0.5) is 14.9 Å². The number of benzene rings is 1. The van der Waals surface area contributed by atoms with E-state index < -0.39 is 23.4 Å². The Hall–Kier alpha value is -2.11. The van der Waals surface area contributed by atoms with Crippen LogP contribution in [0.5, 0.6) is 0 Å². The molecule has 1 aromatic carbocycles. The Bertz CT molecular complexity index is 487. The molecular weight excluding hydrogens is 263 g/mol. The highest BCUT2D eigenvalue weighted by molar-refractivity contribution is 6.00. The summed E-state index contributed by atoms with van der Waals surface area (Å²) < 4.78 is 13.4. The number of nitrogens with one attached hydrogen (secondary N) is 2. The Morgan fingerprint density at radius 3 is 2.50 bits per heavy atom. The first-order chi connectivity index (χ1) is 9.49. The Morgan fingerprint density at radius 2 is 1.95 bits per heavy atom. The minimum Gasteiger partial charge on any atom is -0.478 e. The molecule has 0 bridgehead atoms. The first-order valence-electron chi connectivity index (χ1n) is 6.56. The first-order valence-corrected chi connectivity index (χ1v) is 6.56. The molecule has 3 N–H and O–H groups in total. The topological polar surface area (TPSA) is 78.4 Å². The average molecular weight is 282 g/mol. The van der Waals surface area contributed by atoms with E-state index in [-0.39, 0.29) is 5.69 Å². The molecule has 0 fully saturated rings. The van der Waals surface area contributed by atoms with E-state index >= 15 is 0 Å². The number of amides is 2. The van der Waals surface area contributed by atoms with Gasteiger partial charge in [0.15, 0.2) is 0 Å². The Morgan fingerprint density at radius 1 is 1.30 bits per heavy atom. The molecule has 110 valence electrons. The predicted octanol–water partition coefficient (Wildman–Crippen LogP) is 3.08. The molecule has 2 amide bonds. The van der Waals surface area contributed by atoms with Gasteiger partial charge in [-0.25, -0.2) is 14.0 Å². The van der Waals surface area contributed by atoms with E-state index in [1.165, 1.54) is 12.1 Å². The van der Waals surface area contributed by atoms with Gasteiger partial charge < -0.3 is 15.7 Å². The zero-order valence-corrected chi connectivity index (χ0v) is 11.6. The number of halogens is 1. The van der Waals surface area contributed by atoms with E-state index in [1.54, 1.807) is 0 Å². The lowest BCUT2D eigenvalue weighted by molar-refractivity contribution is 0.0693. The van der Waals surface area contributed by atoms with E-state index in [0.29, 0.717) is 12.5 Å². The number of hydrogen-bond donors (Lipinski definition) is 3. The van der Waals surface area contributed by atoms with Gasteiger partial charge in [-0.15, -0.1) is 0 Å². The smallest absolute Gasteiger partial charge is 0.340 e. The largest absolute Gasteiger partial charge is 0.478 e. The minimum absolute atomic E-state index is 0.0560. The van der Waals surface area contributed by atoms with Crippen molar-refractivity contribution in [2.24, 2.45) is 5.92 Å². The highest BCUT2D eigenvalue weighted by Gasteiger charge is 2.17. The summed E-state index contributed by atoms with van der Waals surface area (Å²) in [6, 6.07) is 3.20. The summed E-state index contributed by atoms with van der Waals surface area (Å²) in [7, 11) is 0. The van der Waals surface area contributed by atoms with Gasteiger partial charge in [-0.2, -0.15) is 0 Å². The van der Waals surface area contributed by atoms with Crippen LogP contribution in [0, 0.1) is 11.7 Å². The number of hydrogen-bond acceptors (Lipinski definition) is 2. The van der Waals surface area contributed by atoms with Crippen molar-refractivity contribution in [1.82, 2.24) is 5.32 Å². The van der Waals surface area contributed by atoms with Gasteiger partial charge in [-0.3, -0.25) is 0 Å². The van der Waals surface area contributed by atoms with Crippen LogP contribution in [0.25, 0.3) is 0 Å². The Labute approximate surface area is 117 Å². The Balaban J connectivity index is 2.71. The normalized spacial score (nSPS) is 10.4. The molecule has 0 saturated heterocycles. The van der Waals surface area contributed by atoms with Crippen molar-refractivity contribution in [1.29, 1.82) is 0 Å². The number of carboxylic acids is 1. The molecule has 0 saturated carbocycles. The van der Waals surface area contributed by atoms with Gasteiger partial charge in [0.05, 0.1) is 5.69 Å². The highest BCUT2D eigenvalue weighted by Crippen LogP contribution is 2.18. The molecular formula is C14H19FN2O3. The lowest BCUT2D eigenvalue weighted by Crippen LogP contribution is -2.33. The second kappa shape index (κ2) is 7.47. The van der Waals surface area contributed by atoms with Crippen LogP contribution in [0.3, 0.4) is 0 Å². The van der Waals surface area contributed by atoms with Crippen molar-refractivity contribution >= 4 is 17.7 Å². The molecule has 0 aliphatic carbocycles. The fourth-order valence-electron chi connectivity index (χ4n) is 1.83. The van der Waals surface area contributed by atoms with Crippen LogP contribution in [0.15, 0.2) is 18.2 Å². The molecule has 0 aliphatic rings. The molecule has 0 atom stereocenters. The fourth-order valence-corrected chi connectivity index (χ4v) is 1.83. The number of aromatic carboxylic acids is 1. The lowest BCUT2D eigenvalue weighted by Gasteiger charge is -2.14. The van der Waals surface area contributed by atoms with Crippen molar-refractivity contribution in [3.8, 4) is 0 Å². The molecule has 0 unspecified atom stereocenters. The Kier molecular flexibility index (Phi) is 5.96. The summed E-state index contributed by atoms with van der Waals surface area (Å²) in [5.41, 5.74) is -0.593. The van der Waals surface area contributed by atoms with Crippen LogP contribution in [0.1, 0.15) is 37.0 Å². The number of carbonyl (C=O) groups excluding carboxylic acids is 1. The van der Waals surface area contributed by atoms with Crippen LogP contribution in [-0.4, -0.2) is 23.7 Å². The molecule has 0 aromatic heterocycles. The summed E-state index contributed by atoms with van der Waals surface area (Å²) in [6.07, 6.45) is 1.88. The molecule has 6 heteroatoms. The van der Waals surface area contributed by atoms with E-state index in [0.717, 1.165) is 18.9 Å². The molecule has 5 nitrogen and oxygen atoms in total. The van der Waals surface area contributed by atoms with Gasteiger partial charge in [0.1, 0.15) is 11.4 Å². The second-order valence-corrected chi connectivity index (χ2v) is 4.49. The maximum absolute atomic E-state index is 13.4. The molecule has 0 heterocycles. The maximum atomic E-state index is 13.4. The zero-order chi connectivity index (χ0) is 15.1. The molecule has 1 aromatic rings. The van der Waals surface area contributed by atoms with Gasteiger partial charge >= 0.3 is 12.0 Å². The predicted molar refractivity (Wildman–Crippen MR) is 74.5 cm³/mol. The number of carbonyl (C=O) groups is 2. The summed E-state index contributed by atoms with van der Waals surface area (Å²) in [4.78, 5) is 22.7. The summed E-state index contributed by atoms with van der Waals surface area (Å²) in [6.45, 7) is 4.56. The van der Waals surface area contributed by atoms with Crippen molar-refractivity contribution in [3.05, 3.63) is 29.6 Å². The number of urea groups is 1. The van der Waals surface area contributed by atoms with Crippen molar-refractivity contribution in [3.63, 3.8) is 0 Å². The zero-order valence-electron chi connectivity index (χ0n) is 11.6. The third kappa shape index (κ3) is 4.22. The van der Waals surface area contributed by atoms with Crippen LogP contribution in [0.2, 0.25) is 0 Å². The summed E-state index contributed by atoms with van der Waals surface area (Å²) >= 11 is 0. The molecule has 20 heavy (non-hydrogen) atoms. The highest BCUT2D eigenvalue weighted by atomic mass is 19.1. The van der Waals surface area contributed by atoms with Crippen LogP contribution in [-0.2, 0) is 0 Å². The SMILES string of the molecule is CCC(CC)CNC(=O)Nc1cccc(F)c1C(=O)O. The quantitative estimate of drug-likeness (QED) is 0.750. The number of anilines is 1. The van der Waals surface area contributed by atoms with Crippen molar-refractivity contribution < 1.29 is 19.1 Å². The summed E-state index contributed by atoms with van der Waals surface area (Å²) in [5, 5.41) is 14.0. The lowest BCUT2D eigenvalue weighted by atomic mass is 10.0. The van der Waals surface area contributed by atoms with Gasteiger partial charge in [0.2, 0.25) is 0 Å². The van der Waals surface area contributed by atoms with Gasteiger partial charge in [0, 0.05) is 6.54 Å². The molecule has 0 radical (unpaired) electrons. The maximum Gasteiger partial charge on any atom is 0.340 e. The molecule has 1 rings (SSSR count). The third-order valence-corrected chi connectivity index (χ3v) is 3.18. The molecule has 0 spiro atoms. The third-order valence-electron chi connectivity index (χ3n) is 3.18. The number of rotatable bonds is 6. The standard InChI is InChI=1S/C14H19FN2O3/c1-3-9(4-2)8-16-14(20)17-11-7-5-6-10(15)12(11)13(18)19/h5-7,9H,3-4,8H2,1-2H3,(H,18,19)(H2,16,17,20). The van der Waals surface area contributed by atoms with E-state index in [1.807, 2.05) is 13.8 Å². The number of carboxylic acid groups (broad SMARTS) is 1. The first kappa shape index (κ1) is 15.9. The van der Waals surface area contributed by atoms with Gasteiger partial charge in [-0.05, 0) is 18.1 Å². The minimum atomic E-state index is -1.42. The van der Waals surface area contributed by atoms with Crippen molar-refractivity contribution in [2.45, 2.75) is 26.7 Å². The van der Waals surface area contributed by atoms with Gasteiger partial charge in [0.25, 0.3) is 0 Å². The van der Waals surface area contributed by atoms with Crippen LogP contribution < -0.4 is 10.6 Å².